The fourth-order valence-corrected chi connectivity index (χ4v) is 6.05. The molecule has 2 aliphatic heterocycles. The maximum absolute atomic E-state index is 12.7. The summed E-state index contributed by atoms with van der Waals surface area (Å²) in [6.07, 6.45) is 4.00. The number of hydrogen-bond acceptors (Lipinski definition) is 8. The highest BCUT2D eigenvalue weighted by Gasteiger charge is 2.61. The normalized spacial score (nSPS) is 37.2. The molecule has 0 aromatic carbocycles. The second kappa shape index (κ2) is 10.3. The van der Waals surface area contributed by atoms with Crippen molar-refractivity contribution in [2.24, 2.45) is 23.2 Å². The highest BCUT2D eigenvalue weighted by Crippen LogP contribution is 2.57. The standard InChI is InChI=1S/C27H40O8/c1-8-9-22(30)34-20-11-13-26(5)12-10-18(15(2)25(31)32-7)24(35-26)23-16(3)19(29)14-21(27(20,23)6)33-17(4)28/h10,12,15-16,19-21,23,29H,8-9,11,13-14H2,1-7H3/t15-,16-,19-,20-,21+,23-,26?,27+/m1/s1. The lowest BCUT2D eigenvalue weighted by atomic mass is 9.55. The average molecular weight is 493 g/mol. The predicted molar refractivity (Wildman–Crippen MR) is 128 cm³/mol. The van der Waals surface area contributed by atoms with Gasteiger partial charge in [0.25, 0.3) is 0 Å². The molecule has 1 aliphatic carbocycles. The van der Waals surface area contributed by atoms with Gasteiger partial charge >= 0.3 is 17.9 Å². The van der Waals surface area contributed by atoms with Crippen molar-refractivity contribution >= 4 is 17.9 Å². The van der Waals surface area contributed by atoms with E-state index in [1.807, 2.05) is 39.8 Å². The molecule has 1 N–H and O–H groups in total. The van der Waals surface area contributed by atoms with E-state index in [2.05, 4.69) is 0 Å². The smallest absolute Gasteiger partial charge is 0.312 e. The lowest BCUT2D eigenvalue weighted by molar-refractivity contribution is -0.214. The molecule has 2 heterocycles. The number of methoxy groups -OCH3 is 1. The van der Waals surface area contributed by atoms with Crippen LogP contribution in [0.2, 0.25) is 0 Å². The van der Waals surface area contributed by atoms with Crippen LogP contribution in [-0.4, -0.2) is 54.0 Å². The molecule has 0 aromatic rings. The van der Waals surface area contributed by atoms with Gasteiger partial charge in [0.15, 0.2) is 0 Å². The first-order valence-electron chi connectivity index (χ1n) is 12.6. The van der Waals surface area contributed by atoms with E-state index < -0.39 is 53.1 Å². The van der Waals surface area contributed by atoms with Crippen LogP contribution in [0.15, 0.2) is 23.5 Å². The predicted octanol–water partition coefficient (Wildman–Crippen LogP) is 3.86. The van der Waals surface area contributed by atoms with Gasteiger partial charge in [-0.2, -0.15) is 0 Å². The van der Waals surface area contributed by atoms with Crippen molar-refractivity contribution in [3.8, 4) is 0 Å². The molecule has 2 bridgehead atoms. The Hall–Kier alpha value is -2.35. The van der Waals surface area contributed by atoms with Gasteiger partial charge in [0.1, 0.15) is 23.6 Å². The van der Waals surface area contributed by atoms with E-state index in [1.165, 1.54) is 14.0 Å². The van der Waals surface area contributed by atoms with Gasteiger partial charge in [0, 0.05) is 31.3 Å². The first kappa shape index (κ1) is 27.2. The third-order valence-corrected chi connectivity index (χ3v) is 8.13. The van der Waals surface area contributed by atoms with E-state index in [-0.39, 0.29) is 24.7 Å². The molecule has 1 saturated carbocycles. The lowest BCUT2D eigenvalue weighted by Gasteiger charge is -2.57. The molecular weight excluding hydrogens is 452 g/mol. The van der Waals surface area contributed by atoms with Crippen LogP contribution in [0.25, 0.3) is 0 Å². The number of rotatable bonds is 6. The number of aliphatic hydroxyl groups is 1. The third-order valence-electron chi connectivity index (χ3n) is 8.13. The van der Waals surface area contributed by atoms with Crippen LogP contribution in [0.5, 0.6) is 0 Å². The van der Waals surface area contributed by atoms with Crippen LogP contribution in [0.4, 0.5) is 0 Å². The third kappa shape index (κ3) is 5.13. The number of hydrogen-bond donors (Lipinski definition) is 1. The van der Waals surface area contributed by atoms with E-state index in [1.54, 1.807) is 6.92 Å². The summed E-state index contributed by atoms with van der Waals surface area (Å²) in [5.41, 5.74) is -0.908. The van der Waals surface area contributed by atoms with Gasteiger partial charge in [-0.05, 0) is 45.1 Å². The number of aliphatic hydroxyl groups excluding tert-OH is 1. The SMILES string of the molecule is CCCC(=O)O[C@@H]1CCC2(C)C=CC([C@@H](C)C(=O)OC)=C(O2)[C@H]2[C@H](C)[C@H](O)C[C@H](OC(C)=O)[C@]12C. The van der Waals surface area contributed by atoms with Crippen LogP contribution in [0, 0.1) is 23.2 Å². The quantitative estimate of drug-likeness (QED) is 0.440. The zero-order valence-electron chi connectivity index (χ0n) is 22.0. The first-order chi connectivity index (χ1) is 16.4. The molecule has 0 amide bonds. The number of allylic oxidation sites excluding steroid dienone is 2. The average Bonchev–Trinajstić information content (AvgIpc) is 2.78. The molecule has 8 heteroatoms. The van der Waals surface area contributed by atoms with E-state index in [4.69, 9.17) is 18.9 Å². The Morgan fingerprint density at radius 1 is 1.23 bits per heavy atom. The zero-order chi connectivity index (χ0) is 26.1. The van der Waals surface area contributed by atoms with Gasteiger partial charge in [-0.3, -0.25) is 14.4 Å². The number of fused-ring (bicyclic) bond motifs is 4. The number of ether oxygens (including phenoxy) is 4. The summed E-state index contributed by atoms with van der Waals surface area (Å²) in [6.45, 7) is 10.9. The Kier molecular flexibility index (Phi) is 8.04. The summed E-state index contributed by atoms with van der Waals surface area (Å²) in [4.78, 5) is 37.4. The van der Waals surface area contributed by atoms with E-state index in [0.717, 1.165) is 0 Å². The number of esters is 3. The lowest BCUT2D eigenvalue weighted by Crippen LogP contribution is -2.61. The zero-order valence-corrected chi connectivity index (χ0v) is 22.0. The summed E-state index contributed by atoms with van der Waals surface area (Å²) in [7, 11) is 1.34. The van der Waals surface area contributed by atoms with Gasteiger partial charge < -0.3 is 24.1 Å². The maximum atomic E-state index is 12.7. The molecule has 3 aliphatic rings. The van der Waals surface area contributed by atoms with Crippen molar-refractivity contribution in [1.29, 1.82) is 0 Å². The van der Waals surface area contributed by atoms with Crippen molar-refractivity contribution in [2.45, 2.75) is 97.6 Å². The Morgan fingerprint density at radius 3 is 2.51 bits per heavy atom. The van der Waals surface area contributed by atoms with Gasteiger partial charge in [-0.1, -0.05) is 26.8 Å². The van der Waals surface area contributed by atoms with Crippen molar-refractivity contribution < 1.29 is 38.4 Å². The number of carbonyl (C=O) groups excluding carboxylic acids is 3. The minimum absolute atomic E-state index is 0.220. The Bertz CT molecular complexity index is 907. The fourth-order valence-electron chi connectivity index (χ4n) is 6.05. The molecule has 1 unspecified atom stereocenters. The summed E-state index contributed by atoms with van der Waals surface area (Å²) in [5.74, 6) is -2.02. The van der Waals surface area contributed by atoms with Gasteiger partial charge in [-0.25, -0.2) is 0 Å². The summed E-state index contributed by atoms with van der Waals surface area (Å²) >= 11 is 0. The van der Waals surface area contributed by atoms with Crippen LogP contribution in [0.3, 0.4) is 0 Å². The molecule has 3 rings (SSSR count). The van der Waals surface area contributed by atoms with Gasteiger partial charge in [0.2, 0.25) is 0 Å². The van der Waals surface area contributed by atoms with E-state index in [0.29, 0.717) is 30.6 Å². The molecule has 0 spiro atoms. The summed E-state index contributed by atoms with van der Waals surface area (Å²) in [6, 6.07) is 0. The van der Waals surface area contributed by atoms with Crippen LogP contribution in [0.1, 0.15) is 73.6 Å². The molecule has 1 saturated heterocycles. The minimum Gasteiger partial charge on any atom is -0.487 e. The van der Waals surface area contributed by atoms with E-state index in [9.17, 15) is 19.5 Å². The second-order valence-corrected chi connectivity index (χ2v) is 10.7. The summed E-state index contributed by atoms with van der Waals surface area (Å²) < 4.78 is 23.6. The van der Waals surface area contributed by atoms with Crippen LogP contribution in [-0.2, 0) is 33.3 Å². The molecule has 0 radical (unpaired) electrons. The van der Waals surface area contributed by atoms with Crippen LogP contribution < -0.4 is 0 Å². The first-order valence-corrected chi connectivity index (χ1v) is 12.6. The van der Waals surface area contributed by atoms with Crippen molar-refractivity contribution in [3.63, 3.8) is 0 Å². The van der Waals surface area contributed by atoms with Gasteiger partial charge in [-0.15, -0.1) is 0 Å². The largest absolute Gasteiger partial charge is 0.487 e. The van der Waals surface area contributed by atoms with Crippen molar-refractivity contribution in [1.82, 2.24) is 0 Å². The molecule has 8 atom stereocenters. The monoisotopic (exact) mass is 492 g/mol. The topological polar surface area (TPSA) is 108 Å². The fraction of sp³-hybridized carbons (Fsp3) is 0.741. The second-order valence-electron chi connectivity index (χ2n) is 10.7. The Labute approximate surface area is 208 Å². The van der Waals surface area contributed by atoms with Crippen LogP contribution >= 0.6 is 0 Å². The van der Waals surface area contributed by atoms with E-state index >= 15 is 0 Å². The minimum atomic E-state index is -0.892. The molecule has 35 heavy (non-hydrogen) atoms. The highest BCUT2D eigenvalue weighted by atomic mass is 16.6. The molecule has 196 valence electrons. The Morgan fingerprint density at radius 2 is 1.91 bits per heavy atom. The maximum Gasteiger partial charge on any atom is 0.312 e. The number of carbonyl (C=O) groups is 3. The Balaban J connectivity index is 2.25. The molecule has 0 aromatic heterocycles. The molecular formula is C27H40O8. The molecule has 8 nitrogen and oxygen atoms in total. The van der Waals surface area contributed by atoms with Crippen molar-refractivity contribution in [3.05, 3.63) is 23.5 Å². The van der Waals surface area contributed by atoms with Gasteiger partial charge in [0.05, 0.1) is 24.5 Å². The highest BCUT2D eigenvalue weighted by molar-refractivity contribution is 5.76. The summed E-state index contributed by atoms with van der Waals surface area (Å²) in [5, 5.41) is 11.1. The van der Waals surface area contributed by atoms with Crippen molar-refractivity contribution in [2.75, 3.05) is 7.11 Å². The molecule has 2 fully saturated rings.